The molecule has 2 aromatic carbocycles. The molecule has 2 rings (SSSR count). The number of hydrogen-bond acceptors (Lipinski definition) is 3. The molecule has 2 aromatic rings. The van der Waals surface area contributed by atoms with Crippen LogP contribution in [0, 0.1) is 0 Å². The van der Waals surface area contributed by atoms with Crippen molar-refractivity contribution in [2.45, 2.75) is 6.92 Å². The van der Waals surface area contributed by atoms with Crippen molar-refractivity contribution in [3.8, 4) is 0 Å². The third-order valence-corrected chi connectivity index (χ3v) is 3.99. The van der Waals surface area contributed by atoms with E-state index in [1.807, 2.05) is 37.4 Å². The normalized spacial score (nSPS) is 11.6. The lowest BCUT2D eigenvalue weighted by atomic mass is 10.2. The highest BCUT2D eigenvalue weighted by molar-refractivity contribution is 8.13. The number of nitrogens with zero attached hydrogens (tertiary/aromatic N) is 1. The molecule has 0 unspecified atom stereocenters. The third kappa shape index (κ3) is 4.29. The van der Waals surface area contributed by atoms with Crippen LogP contribution in [0.25, 0.3) is 0 Å². The van der Waals surface area contributed by atoms with Crippen LogP contribution in [0.2, 0.25) is 0 Å². The fraction of sp³-hybridized carbons (Fsp3) is 0.167. The van der Waals surface area contributed by atoms with Gasteiger partial charge in [-0.05, 0) is 49.2 Å². The second-order valence-corrected chi connectivity index (χ2v) is 5.54. The average Bonchev–Trinajstić information content (AvgIpc) is 2.62. The molecule has 0 heterocycles. The summed E-state index contributed by atoms with van der Waals surface area (Å²) in [5.74, 6) is -0.361. The fourth-order valence-corrected chi connectivity index (χ4v) is 2.73. The number of hydrogen-bond donors (Lipinski definition) is 1. The zero-order chi connectivity index (χ0) is 16.7. The molecule has 1 N–H and O–H groups in total. The number of amidine groups is 1. The second kappa shape index (κ2) is 8.29. The van der Waals surface area contributed by atoms with Crippen LogP contribution in [0.3, 0.4) is 0 Å². The van der Waals surface area contributed by atoms with Gasteiger partial charge in [0.05, 0.1) is 17.7 Å². The van der Waals surface area contributed by atoms with Gasteiger partial charge in [0, 0.05) is 0 Å². The Bertz CT molecular complexity index is 712. The molecule has 0 aliphatic carbocycles. The van der Waals surface area contributed by atoms with Crippen LogP contribution in [-0.2, 0) is 0 Å². The summed E-state index contributed by atoms with van der Waals surface area (Å²) in [4.78, 5) is 24.9. The molecule has 0 spiro atoms. The summed E-state index contributed by atoms with van der Waals surface area (Å²) >= 11 is 1.34. The Morgan fingerprint density at radius 2 is 1.48 bits per heavy atom. The van der Waals surface area contributed by atoms with Crippen LogP contribution >= 0.6 is 11.8 Å². The van der Waals surface area contributed by atoms with E-state index in [4.69, 9.17) is 0 Å². The number of nitrogens with one attached hydrogen (secondary N) is 1. The van der Waals surface area contributed by atoms with Gasteiger partial charge in [-0.1, -0.05) is 36.4 Å². The molecule has 5 heteroatoms. The van der Waals surface area contributed by atoms with Gasteiger partial charge in [0.2, 0.25) is 0 Å². The highest BCUT2D eigenvalue weighted by Gasteiger charge is 2.23. The van der Waals surface area contributed by atoms with E-state index < -0.39 is 0 Å². The number of carbonyl (C=O) groups is 2. The maximum Gasteiger partial charge on any atom is 0.341 e. The Morgan fingerprint density at radius 1 is 0.957 bits per heavy atom. The van der Waals surface area contributed by atoms with Gasteiger partial charge >= 0.3 is 17.0 Å². The summed E-state index contributed by atoms with van der Waals surface area (Å²) in [5.41, 5.74) is 1.15. The van der Waals surface area contributed by atoms with E-state index in [2.05, 4.69) is 5.32 Å². The summed E-state index contributed by atoms with van der Waals surface area (Å²) in [7, 11) is 0. The fourth-order valence-electron chi connectivity index (χ4n) is 2.10. The van der Waals surface area contributed by atoms with E-state index >= 15 is 0 Å². The molecular formula is C18H19N2O2S+. The molecule has 23 heavy (non-hydrogen) atoms. The molecule has 0 aliphatic rings. The largest absolute Gasteiger partial charge is 0.341 e. The summed E-state index contributed by atoms with van der Waals surface area (Å²) in [5, 5.41) is 3.35. The van der Waals surface area contributed by atoms with Crippen molar-refractivity contribution >= 4 is 28.7 Å². The zero-order valence-electron chi connectivity index (χ0n) is 13.2. The monoisotopic (exact) mass is 327 g/mol. The smallest absolute Gasteiger partial charge is 0.241 e. The van der Waals surface area contributed by atoms with Crippen LogP contribution in [0.5, 0.6) is 0 Å². The lowest BCUT2D eigenvalue weighted by Crippen LogP contribution is -2.38. The summed E-state index contributed by atoms with van der Waals surface area (Å²) < 4.78 is 1.57. The van der Waals surface area contributed by atoms with Crippen LogP contribution in [0.1, 0.15) is 27.6 Å². The van der Waals surface area contributed by atoms with E-state index in [0.717, 1.165) is 0 Å². The van der Waals surface area contributed by atoms with Crippen molar-refractivity contribution in [2.24, 2.45) is 0 Å². The standard InChI is InChI=1S/C18H18N2O2S/c1-3-20(17(22)15-12-8-5-9-13-15)18(23-2)19-16(21)14-10-6-4-7-11-14/h4-13H,3H2,1-2H3/p+1. The van der Waals surface area contributed by atoms with E-state index in [1.54, 1.807) is 41.0 Å². The Labute approximate surface area is 140 Å². The van der Waals surface area contributed by atoms with Crippen LogP contribution < -0.4 is 5.32 Å². The zero-order valence-corrected chi connectivity index (χ0v) is 14.0. The Morgan fingerprint density at radius 3 is 1.96 bits per heavy atom. The SMILES string of the molecule is CC[N+](C(=O)c1ccccc1)=C(NC(=O)c1ccccc1)SC. The van der Waals surface area contributed by atoms with Crippen LogP contribution in [0.4, 0.5) is 0 Å². The molecule has 0 saturated carbocycles. The number of rotatable bonds is 3. The lowest BCUT2D eigenvalue weighted by Gasteiger charge is -2.08. The van der Waals surface area contributed by atoms with Crippen LogP contribution in [0.15, 0.2) is 60.7 Å². The topological polar surface area (TPSA) is 49.2 Å². The van der Waals surface area contributed by atoms with Crippen molar-refractivity contribution in [2.75, 3.05) is 12.8 Å². The van der Waals surface area contributed by atoms with Gasteiger partial charge in [0.25, 0.3) is 0 Å². The van der Waals surface area contributed by atoms with Crippen molar-refractivity contribution in [3.05, 3.63) is 71.8 Å². The molecule has 0 bridgehead atoms. The van der Waals surface area contributed by atoms with E-state index in [1.165, 1.54) is 11.8 Å². The minimum absolute atomic E-state index is 0.134. The van der Waals surface area contributed by atoms with E-state index in [-0.39, 0.29) is 11.8 Å². The molecule has 0 radical (unpaired) electrons. The van der Waals surface area contributed by atoms with Crippen molar-refractivity contribution in [1.29, 1.82) is 0 Å². The average molecular weight is 327 g/mol. The van der Waals surface area contributed by atoms with Crippen molar-refractivity contribution in [3.63, 3.8) is 0 Å². The first kappa shape index (κ1) is 17.0. The molecule has 0 atom stereocenters. The predicted octanol–water partition coefficient (Wildman–Crippen LogP) is 3.01. The van der Waals surface area contributed by atoms with E-state index in [0.29, 0.717) is 22.8 Å². The van der Waals surface area contributed by atoms with Gasteiger partial charge in [-0.3, -0.25) is 0 Å². The molecule has 4 nitrogen and oxygen atoms in total. The van der Waals surface area contributed by atoms with Gasteiger partial charge in [0.15, 0.2) is 0 Å². The lowest BCUT2D eigenvalue weighted by molar-refractivity contribution is -0.423. The quantitative estimate of drug-likeness (QED) is 0.535. The predicted molar refractivity (Wildman–Crippen MR) is 94.0 cm³/mol. The van der Waals surface area contributed by atoms with Crippen molar-refractivity contribution < 1.29 is 14.2 Å². The van der Waals surface area contributed by atoms with Gasteiger partial charge in [0.1, 0.15) is 0 Å². The summed E-state index contributed by atoms with van der Waals surface area (Å²) in [6.07, 6.45) is 1.83. The highest BCUT2D eigenvalue weighted by atomic mass is 32.2. The number of benzene rings is 2. The first-order valence-corrected chi connectivity index (χ1v) is 8.54. The molecule has 118 valence electrons. The molecule has 0 fully saturated rings. The molecule has 2 amide bonds. The number of carbonyl (C=O) groups excluding carboxylic acids is 2. The first-order valence-electron chi connectivity index (χ1n) is 7.31. The van der Waals surface area contributed by atoms with Crippen LogP contribution in [-0.4, -0.2) is 34.4 Å². The Hall–Kier alpha value is -2.40. The molecule has 0 aromatic heterocycles. The van der Waals surface area contributed by atoms with E-state index in [9.17, 15) is 9.59 Å². The van der Waals surface area contributed by atoms with Gasteiger partial charge < -0.3 is 0 Å². The molecular weight excluding hydrogens is 308 g/mol. The third-order valence-electron chi connectivity index (χ3n) is 3.28. The minimum Gasteiger partial charge on any atom is -0.241 e. The van der Waals surface area contributed by atoms with Gasteiger partial charge in [-0.2, -0.15) is 9.89 Å². The summed E-state index contributed by atoms with van der Waals surface area (Å²) in [6.45, 7) is 2.35. The maximum atomic E-state index is 12.6. The minimum atomic E-state index is -0.228. The second-order valence-electron chi connectivity index (χ2n) is 4.74. The highest BCUT2D eigenvalue weighted by Crippen LogP contribution is 2.06. The number of amides is 2. The molecule has 0 saturated heterocycles. The number of thioether (sulfide) groups is 1. The Kier molecular flexibility index (Phi) is 6.11. The van der Waals surface area contributed by atoms with Gasteiger partial charge in [-0.25, -0.2) is 9.59 Å². The first-order chi connectivity index (χ1) is 11.2. The van der Waals surface area contributed by atoms with Crippen molar-refractivity contribution in [1.82, 2.24) is 5.32 Å². The molecule has 0 aliphatic heterocycles. The Balaban J connectivity index is 2.29. The van der Waals surface area contributed by atoms with Gasteiger partial charge in [-0.15, -0.1) is 0 Å². The maximum absolute atomic E-state index is 12.6. The summed E-state index contributed by atoms with van der Waals surface area (Å²) in [6, 6.07) is 18.0.